The quantitative estimate of drug-likeness (QED) is 0.245. The van der Waals surface area contributed by atoms with Gasteiger partial charge in [-0.1, -0.05) is 0 Å². The molecule has 1 saturated carbocycles. The number of hydrogen-bond acceptors (Lipinski definition) is 6. The molecule has 1 aliphatic carbocycles. The van der Waals surface area contributed by atoms with Crippen LogP contribution in [0.1, 0.15) is 12.8 Å². The van der Waals surface area contributed by atoms with Crippen molar-refractivity contribution in [2.45, 2.75) is 12.8 Å². The fourth-order valence-electron chi connectivity index (χ4n) is 2.70. The fraction of sp³-hybridized carbons (Fsp3) is 0.818. The molecule has 0 spiro atoms. The molecular formula is C11H16ClNO6. The van der Waals surface area contributed by atoms with Crippen molar-refractivity contribution < 1.29 is 24.0 Å². The fourth-order valence-corrected chi connectivity index (χ4v) is 3.07. The molecule has 0 bridgehead atoms. The first-order valence-corrected chi connectivity index (χ1v) is 6.29. The van der Waals surface area contributed by atoms with Gasteiger partial charge in [0.25, 0.3) is 0 Å². The molecule has 0 aromatic carbocycles. The molecule has 0 aliphatic heterocycles. The maximum atomic E-state index is 11.9. The highest BCUT2D eigenvalue weighted by Gasteiger charge is 2.58. The van der Waals surface area contributed by atoms with Crippen LogP contribution in [0.25, 0.3) is 0 Å². The van der Waals surface area contributed by atoms with Crippen LogP contribution in [0.5, 0.6) is 0 Å². The second-order valence-electron chi connectivity index (χ2n) is 4.66. The molecule has 108 valence electrons. The third-order valence-electron chi connectivity index (χ3n) is 3.62. The van der Waals surface area contributed by atoms with Gasteiger partial charge in [-0.15, -0.1) is 11.6 Å². The highest BCUT2D eigenvalue weighted by atomic mass is 35.5. The Labute approximate surface area is 115 Å². The molecule has 0 N–H and O–H groups in total. The molecule has 19 heavy (non-hydrogen) atoms. The molecular weight excluding hydrogens is 278 g/mol. The molecule has 1 rings (SSSR count). The number of carbonyl (C=O) groups excluding carboxylic acids is 2. The van der Waals surface area contributed by atoms with E-state index in [0.29, 0.717) is 0 Å². The summed E-state index contributed by atoms with van der Waals surface area (Å²) in [5.74, 6) is -2.02. The van der Waals surface area contributed by atoms with E-state index in [2.05, 4.69) is 9.47 Å². The standard InChI is InChI=1S/C11H16ClNO6/c1-18-9(14)11(10(15)19-2)3-7(5-12)8(4-11)6-13(16)17/h7-8H,3-6H2,1-2H3. The lowest BCUT2D eigenvalue weighted by molar-refractivity contribution is -0.489. The third kappa shape index (κ3) is 2.97. The van der Waals surface area contributed by atoms with Gasteiger partial charge in [0.1, 0.15) is 0 Å². The topological polar surface area (TPSA) is 95.7 Å². The van der Waals surface area contributed by atoms with Crippen molar-refractivity contribution in [3.05, 3.63) is 10.1 Å². The van der Waals surface area contributed by atoms with Crippen molar-refractivity contribution in [3.8, 4) is 0 Å². The van der Waals surface area contributed by atoms with Gasteiger partial charge in [0.2, 0.25) is 6.54 Å². The average Bonchev–Trinajstić information content (AvgIpc) is 2.75. The lowest BCUT2D eigenvalue weighted by Crippen LogP contribution is -2.39. The SMILES string of the molecule is COC(=O)C1(C(=O)OC)CC(CCl)C(C[N+](=O)[O-])C1. The van der Waals surface area contributed by atoms with E-state index >= 15 is 0 Å². The summed E-state index contributed by atoms with van der Waals surface area (Å²) >= 11 is 5.78. The molecule has 1 aliphatic rings. The van der Waals surface area contributed by atoms with Gasteiger partial charge < -0.3 is 9.47 Å². The Hall–Kier alpha value is -1.37. The predicted octanol–water partition coefficient (Wildman–Crippen LogP) is 0.860. The molecule has 0 saturated heterocycles. The second-order valence-corrected chi connectivity index (χ2v) is 4.97. The zero-order valence-corrected chi connectivity index (χ0v) is 11.5. The number of halogens is 1. The number of carbonyl (C=O) groups is 2. The zero-order chi connectivity index (χ0) is 14.6. The molecule has 2 atom stereocenters. The van der Waals surface area contributed by atoms with Crippen LogP contribution in [0.3, 0.4) is 0 Å². The van der Waals surface area contributed by atoms with Crippen molar-refractivity contribution in [2.24, 2.45) is 17.3 Å². The van der Waals surface area contributed by atoms with Crippen LogP contribution >= 0.6 is 11.6 Å². The predicted molar refractivity (Wildman–Crippen MR) is 65.3 cm³/mol. The van der Waals surface area contributed by atoms with Crippen LogP contribution in [0, 0.1) is 27.4 Å². The van der Waals surface area contributed by atoms with Gasteiger partial charge in [-0.25, -0.2) is 0 Å². The average molecular weight is 294 g/mol. The summed E-state index contributed by atoms with van der Waals surface area (Å²) in [6.07, 6.45) is 0.152. The van der Waals surface area contributed by atoms with Crippen molar-refractivity contribution in [1.82, 2.24) is 0 Å². The van der Waals surface area contributed by atoms with Crippen molar-refractivity contribution in [2.75, 3.05) is 26.6 Å². The third-order valence-corrected chi connectivity index (χ3v) is 4.02. The van der Waals surface area contributed by atoms with E-state index in [1.807, 2.05) is 0 Å². The van der Waals surface area contributed by atoms with E-state index < -0.39 is 28.2 Å². The smallest absolute Gasteiger partial charge is 0.323 e. The molecule has 0 radical (unpaired) electrons. The van der Waals surface area contributed by atoms with Gasteiger partial charge in [0.15, 0.2) is 5.41 Å². The number of nitro groups is 1. The molecule has 2 unspecified atom stereocenters. The van der Waals surface area contributed by atoms with E-state index in [9.17, 15) is 19.7 Å². The Morgan fingerprint density at radius 3 is 2.11 bits per heavy atom. The number of methoxy groups -OCH3 is 2. The highest BCUT2D eigenvalue weighted by Crippen LogP contribution is 2.47. The Morgan fingerprint density at radius 1 is 1.26 bits per heavy atom. The van der Waals surface area contributed by atoms with Gasteiger partial charge in [0.05, 0.1) is 14.2 Å². The van der Waals surface area contributed by atoms with E-state index in [1.54, 1.807) is 0 Å². The monoisotopic (exact) mass is 293 g/mol. The first kappa shape index (κ1) is 15.7. The van der Waals surface area contributed by atoms with Crippen LogP contribution in [0.4, 0.5) is 0 Å². The Kier molecular flexibility index (Phi) is 5.11. The highest BCUT2D eigenvalue weighted by molar-refractivity contribution is 6.18. The normalized spacial score (nSPS) is 24.8. The van der Waals surface area contributed by atoms with Gasteiger partial charge >= 0.3 is 11.9 Å². The molecule has 0 heterocycles. The maximum Gasteiger partial charge on any atom is 0.323 e. The minimum atomic E-state index is -1.47. The minimum Gasteiger partial charge on any atom is -0.468 e. The number of alkyl halides is 1. The summed E-state index contributed by atoms with van der Waals surface area (Å²) in [6, 6.07) is 0. The Balaban J connectivity index is 3.04. The molecule has 1 fully saturated rings. The van der Waals surface area contributed by atoms with Crippen LogP contribution < -0.4 is 0 Å². The first-order chi connectivity index (χ1) is 8.91. The molecule has 7 nitrogen and oxygen atoms in total. The lowest BCUT2D eigenvalue weighted by Gasteiger charge is -2.22. The number of hydrogen-bond donors (Lipinski definition) is 0. The van der Waals surface area contributed by atoms with Crippen LogP contribution in [-0.2, 0) is 19.1 Å². The van der Waals surface area contributed by atoms with Gasteiger partial charge in [-0.2, -0.15) is 0 Å². The minimum absolute atomic E-state index is 0.0325. The molecule has 8 heteroatoms. The summed E-state index contributed by atoms with van der Waals surface area (Å²) in [7, 11) is 2.34. The van der Waals surface area contributed by atoms with Gasteiger partial charge in [-0.05, 0) is 18.8 Å². The van der Waals surface area contributed by atoms with Gasteiger partial charge in [0, 0.05) is 16.7 Å². The largest absolute Gasteiger partial charge is 0.468 e. The summed E-state index contributed by atoms with van der Waals surface area (Å²) in [6.45, 7) is -0.326. The Bertz CT molecular complexity index is 369. The maximum absolute atomic E-state index is 11.9. The summed E-state index contributed by atoms with van der Waals surface area (Å²) in [4.78, 5) is 34.0. The van der Waals surface area contributed by atoms with E-state index in [4.69, 9.17) is 11.6 Å². The second kappa shape index (κ2) is 6.18. The Morgan fingerprint density at radius 2 is 1.74 bits per heavy atom. The van der Waals surface area contributed by atoms with Crippen LogP contribution in [-0.4, -0.2) is 43.5 Å². The number of ether oxygens (including phenoxy) is 2. The first-order valence-electron chi connectivity index (χ1n) is 5.76. The van der Waals surface area contributed by atoms with Crippen molar-refractivity contribution >= 4 is 23.5 Å². The molecule has 0 aromatic heterocycles. The van der Waals surface area contributed by atoms with Gasteiger partial charge in [-0.3, -0.25) is 19.7 Å². The lowest BCUT2D eigenvalue weighted by atomic mass is 9.85. The van der Waals surface area contributed by atoms with Crippen molar-refractivity contribution in [1.29, 1.82) is 0 Å². The van der Waals surface area contributed by atoms with E-state index in [-0.39, 0.29) is 31.2 Å². The number of rotatable bonds is 5. The molecule has 0 aromatic rings. The van der Waals surface area contributed by atoms with E-state index in [0.717, 1.165) is 0 Å². The number of esters is 2. The summed E-state index contributed by atoms with van der Waals surface area (Å²) in [5.41, 5.74) is -1.47. The van der Waals surface area contributed by atoms with Crippen molar-refractivity contribution in [3.63, 3.8) is 0 Å². The summed E-state index contributed by atoms with van der Waals surface area (Å²) < 4.78 is 9.31. The summed E-state index contributed by atoms with van der Waals surface area (Å²) in [5, 5.41) is 10.6. The number of nitrogens with zero attached hydrogens (tertiary/aromatic N) is 1. The van der Waals surface area contributed by atoms with Crippen LogP contribution in [0.15, 0.2) is 0 Å². The van der Waals surface area contributed by atoms with Crippen LogP contribution in [0.2, 0.25) is 0 Å². The zero-order valence-electron chi connectivity index (χ0n) is 10.8. The van der Waals surface area contributed by atoms with E-state index in [1.165, 1.54) is 14.2 Å². The molecule has 0 amide bonds.